The zero-order valence-corrected chi connectivity index (χ0v) is 14.9. The molecule has 1 fully saturated rings. The summed E-state index contributed by atoms with van der Waals surface area (Å²) in [5.41, 5.74) is 3.31. The molecule has 2 heterocycles. The number of hydrogen-bond acceptors (Lipinski definition) is 3. The maximum absolute atomic E-state index is 12.6. The van der Waals surface area contributed by atoms with Crippen molar-refractivity contribution in [3.63, 3.8) is 0 Å². The first kappa shape index (κ1) is 16.5. The van der Waals surface area contributed by atoms with E-state index in [2.05, 4.69) is 47.3 Å². The van der Waals surface area contributed by atoms with Crippen LogP contribution in [0.2, 0.25) is 0 Å². The number of piperidine rings is 1. The molecule has 0 aliphatic carbocycles. The molecule has 0 N–H and O–H groups in total. The molecule has 5 heteroatoms. The number of hydrogen-bond donors (Lipinski definition) is 0. The highest BCUT2D eigenvalue weighted by molar-refractivity contribution is 5.77. The summed E-state index contributed by atoms with van der Waals surface area (Å²) in [6, 6.07) is 18.5. The molecule has 0 unspecified atom stereocenters. The molecular formula is C21H22N4O. The van der Waals surface area contributed by atoms with E-state index in [4.69, 9.17) is 0 Å². The van der Waals surface area contributed by atoms with Crippen LogP contribution in [-0.4, -0.2) is 32.1 Å². The Bertz CT molecular complexity index is 891. The highest BCUT2D eigenvalue weighted by Gasteiger charge is 2.36. The SMILES string of the molecule is C[C@@]1(c2ccccc2)CCC(=O)N(Cc2ccccc2-n2cncn2)C1. The topological polar surface area (TPSA) is 51.0 Å². The third kappa shape index (κ3) is 3.12. The Kier molecular flexibility index (Phi) is 4.29. The second-order valence-corrected chi connectivity index (χ2v) is 7.15. The molecule has 1 aliphatic rings. The van der Waals surface area contributed by atoms with E-state index in [-0.39, 0.29) is 11.3 Å². The van der Waals surface area contributed by atoms with Crippen LogP contribution in [0.4, 0.5) is 0 Å². The van der Waals surface area contributed by atoms with Gasteiger partial charge in [-0.2, -0.15) is 5.10 Å². The second kappa shape index (κ2) is 6.75. The summed E-state index contributed by atoms with van der Waals surface area (Å²) in [4.78, 5) is 18.6. The van der Waals surface area contributed by atoms with E-state index in [1.165, 1.54) is 11.9 Å². The summed E-state index contributed by atoms with van der Waals surface area (Å²) in [5, 5.41) is 4.24. The van der Waals surface area contributed by atoms with Crippen LogP contribution in [0.5, 0.6) is 0 Å². The summed E-state index contributed by atoms with van der Waals surface area (Å²) in [7, 11) is 0. The van der Waals surface area contributed by atoms with Gasteiger partial charge in [-0.05, 0) is 23.6 Å². The van der Waals surface area contributed by atoms with Gasteiger partial charge in [0.15, 0.2) is 0 Å². The summed E-state index contributed by atoms with van der Waals surface area (Å²) < 4.78 is 1.75. The molecule has 1 saturated heterocycles. The Labute approximate surface area is 153 Å². The summed E-state index contributed by atoms with van der Waals surface area (Å²) in [6.07, 6.45) is 4.67. The summed E-state index contributed by atoms with van der Waals surface area (Å²) in [5.74, 6) is 0.215. The second-order valence-electron chi connectivity index (χ2n) is 7.15. The van der Waals surface area contributed by atoms with Crippen LogP contribution in [0.3, 0.4) is 0 Å². The fourth-order valence-corrected chi connectivity index (χ4v) is 3.76. The van der Waals surface area contributed by atoms with Crippen LogP contribution in [0.25, 0.3) is 5.69 Å². The van der Waals surface area contributed by atoms with E-state index < -0.39 is 0 Å². The zero-order valence-electron chi connectivity index (χ0n) is 14.9. The fourth-order valence-electron chi connectivity index (χ4n) is 3.76. The average Bonchev–Trinajstić information content (AvgIpc) is 3.21. The monoisotopic (exact) mass is 346 g/mol. The van der Waals surface area contributed by atoms with Gasteiger partial charge in [-0.3, -0.25) is 4.79 Å². The first-order valence-corrected chi connectivity index (χ1v) is 8.92. The molecule has 4 rings (SSSR count). The van der Waals surface area contributed by atoms with Gasteiger partial charge in [0.2, 0.25) is 5.91 Å². The van der Waals surface area contributed by atoms with Gasteiger partial charge in [0.05, 0.1) is 5.69 Å². The van der Waals surface area contributed by atoms with Crippen molar-refractivity contribution in [3.05, 3.63) is 78.4 Å². The Hall–Kier alpha value is -2.95. The van der Waals surface area contributed by atoms with Crippen molar-refractivity contribution in [3.8, 4) is 5.69 Å². The van der Waals surface area contributed by atoms with Crippen LogP contribution in [0, 0.1) is 0 Å². The number of aromatic nitrogens is 3. The molecule has 132 valence electrons. The minimum Gasteiger partial charge on any atom is -0.337 e. The van der Waals surface area contributed by atoms with Crippen molar-refractivity contribution in [2.75, 3.05) is 6.54 Å². The molecule has 0 spiro atoms. The van der Waals surface area contributed by atoms with Gasteiger partial charge in [0.1, 0.15) is 12.7 Å². The van der Waals surface area contributed by atoms with Gasteiger partial charge in [0, 0.05) is 24.9 Å². The standard InChI is InChI=1S/C21H22N4O/c1-21(18-8-3-2-4-9-18)12-11-20(26)24(14-21)13-17-7-5-6-10-19(17)25-16-22-15-23-25/h2-10,15-16H,11-14H2,1H3/t21-/m1/s1. The maximum Gasteiger partial charge on any atom is 0.222 e. The predicted molar refractivity (Wildman–Crippen MR) is 99.8 cm³/mol. The lowest BCUT2D eigenvalue weighted by Crippen LogP contribution is -2.47. The Morgan fingerprint density at radius 2 is 1.85 bits per heavy atom. The molecule has 0 saturated carbocycles. The third-order valence-electron chi connectivity index (χ3n) is 5.27. The normalized spacial score (nSPS) is 20.3. The number of carbonyl (C=O) groups is 1. The van der Waals surface area contributed by atoms with Gasteiger partial charge >= 0.3 is 0 Å². The van der Waals surface area contributed by atoms with Gasteiger partial charge < -0.3 is 4.90 Å². The molecule has 26 heavy (non-hydrogen) atoms. The van der Waals surface area contributed by atoms with Crippen LogP contribution in [0.15, 0.2) is 67.3 Å². The number of carbonyl (C=O) groups excluding carboxylic acids is 1. The molecule has 0 radical (unpaired) electrons. The van der Waals surface area contributed by atoms with Crippen molar-refractivity contribution >= 4 is 5.91 Å². The lowest BCUT2D eigenvalue weighted by Gasteiger charge is -2.41. The van der Waals surface area contributed by atoms with Crippen LogP contribution in [-0.2, 0) is 16.8 Å². The number of amides is 1. The van der Waals surface area contributed by atoms with Crippen molar-refractivity contribution in [2.45, 2.75) is 31.7 Å². The minimum absolute atomic E-state index is 0.0165. The highest BCUT2D eigenvalue weighted by Crippen LogP contribution is 2.35. The summed E-state index contributed by atoms with van der Waals surface area (Å²) >= 11 is 0. The number of benzene rings is 2. The third-order valence-corrected chi connectivity index (χ3v) is 5.27. The Morgan fingerprint density at radius 3 is 2.62 bits per heavy atom. The van der Waals surface area contributed by atoms with E-state index in [1.807, 2.05) is 29.2 Å². The number of rotatable bonds is 4. The van der Waals surface area contributed by atoms with Crippen molar-refractivity contribution in [1.29, 1.82) is 0 Å². The molecular weight excluding hydrogens is 324 g/mol. The maximum atomic E-state index is 12.6. The summed E-state index contributed by atoms with van der Waals surface area (Å²) in [6.45, 7) is 3.56. The number of likely N-dealkylation sites (tertiary alicyclic amines) is 1. The first-order valence-electron chi connectivity index (χ1n) is 8.92. The van der Waals surface area contributed by atoms with Gasteiger partial charge in [-0.25, -0.2) is 9.67 Å². The molecule has 5 nitrogen and oxygen atoms in total. The minimum atomic E-state index is -0.0165. The zero-order chi connectivity index (χ0) is 18.0. The lowest BCUT2D eigenvalue weighted by molar-refractivity contribution is -0.136. The lowest BCUT2D eigenvalue weighted by atomic mass is 9.75. The van der Waals surface area contributed by atoms with E-state index >= 15 is 0 Å². The fraction of sp³-hybridized carbons (Fsp3) is 0.286. The van der Waals surface area contributed by atoms with E-state index in [1.54, 1.807) is 11.0 Å². The van der Waals surface area contributed by atoms with Crippen LogP contribution >= 0.6 is 0 Å². The molecule has 0 bridgehead atoms. The average molecular weight is 346 g/mol. The quantitative estimate of drug-likeness (QED) is 0.728. The molecule has 3 aromatic rings. The van der Waals surface area contributed by atoms with Crippen molar-refractivity contribution in [1.82, 2.24) is 19.7 Å². The predicted octanol–water partition coefficient (Wildman–Crippen LogP) is 3.35. The van der Waals surface area contributed by atoms with Crippen LogP contribution in [0.1, 0.15) is 30.9 Å². The molecule has 1 aromatic heterocycles. The Balaban J connectivity index is 1.61. The van der Waals surface area contributed by atoms with Crippen molar-refractivity contribution in [2.24, 2.45) is 0 Å². The first-order chi connectivity index (χ1) is 12.7. The van der Waals surface area contributed by atoms with Gasteiger partial charge in [0.25, 0.3) is 0 Å². The van der Waals surface area contributed by atoms with E-state index in [0.717, 1.165) is 24.2 Å². The largest absolute Gasteiger partial charge is 0.337 e. The van der Waals surface area contributed by atoms with Gasteiger partial charge in [-0.1, -0.05) is 55.5 Å². The van der Waals surface area contributed by atoms with Crippen molar-refractivity contribution < 1.29 is 4.79 Å². The van der Waals surface area contributed by atoms with E-state index in [9.17, 15) is 4.79 Å². The van der Waals surface area contributed by atoms with E-state index in [0.29, 0.717) is 13.0 Å². The molecule has 2 aromatic carbocycles. The number of nitrogens with zero attached hydrogens (tertiary/aromatic N) is 4. The molecule has 1 aliphatic heterocycles. The van der Waals surface area contributed by atoms with Crippen LogP contribution < -0.4 is 0 Å². The molecule has 1 atom stereocenters. The molecule has 1 amide bonds. The smallest absolute Gasteiger partial charge is 0.222 e. The van der Waals surface area contributed by atoms with Gasteiger partial charge in [-0.15, -0.1) is 0 Å². The highest BCUT2D eigenvalue weighted by atomic mass is 16.2. The number of para-hydroxylation sites is 1. The Morgan fingerprint density at radius 1 is 1.08 bits per heavy atom.